The Bertz CT molecular complexity index is 1090. The molecular formula is C21H17N3O5. The number of hydrogen-bond donors (Lipinski definition) is 1. The van der Waals surface area contributed by atoms with Gasteiger partial charge >= 0.3 is 0 Å². The normalized spacial score (nSPS) is 10.5. The predicted molar refractivity (Wildman–Crippen MR) is 104 cm³/mol. The van der Waals surface area contributed by atoms with Gasteiger partial charge in [-0.1, -0.05) is 6.07 Å². The van der Waals surface area contributed by atoms with Crippen LogP contribution in [0.2, 0.25) is 0 Å². The number of benzene rings is 1. The van der Waals surface area contributed by atoms with Crippen LogP contribution in [0.15, 0.2) is 76.3 Å². The summed E-state index contributed by atoms with van der Waals surface area (Å²) in [5.74, 6) is 1.27. The van der Waals surface area contributed by atoms with Gasteiger partial charge in [0.15, 0.2) is 29.3 Å². The lowest BCUT2D eigenvalue weighted by Crippen LogP contribution is -2.13. The number of anilines is 1. The Labute approximate surface area is 166 Å². The molecular weight excluding hydrogens is 374 g/mol. The third-order valence-corrected chi connectivity index (χ3v) is 4.07. The number of amides is 1. The maximum Gasteiger partial charge on any atom is 0.278 e. The average Bonchev–Trinajstić information content (AvgIpc) is 3.44. The minimum Gasteiger partial charge on any atom is -0.493 e. The van der Waals surface area contributed by atoms with Gasteiger partial charge in [0.25, 0.3) is 5.91 Å². The average molecular weight is 391 g/mol. The van der Waals surface area contributed by atoms with E-state index in [9.17, 15) is 4.79 Å². The number of nitrogens with zero attached hydrogens (tertiary/aromatic N) is 2. The third kappa shape index (κ3) is 4.11. The number of rotatable bonds is 7. The van der Waals surface area contributed by atoms with Gasteiger partial charge in [0.2, 0.25) is 5.76 Å². The lowest BCUT2D eigenvalue weighted by Gasteiger charge is -2.13. The van der Waals surface area contributed by atoms with E-state index in [0.717, 1.165) is 5.56 Å². The molecule has 3 heterocycles. The van der Waals surface area contributed by atoms with Crippen molar-refractivity contribution in [2.75, 3.05) is 12.4 Å². The van der Waals surface area contributed by atoms with Gasteiger partial charge in [-0.25, -0.2) is 4.98 Å². The van der Waals surface area contributed by atoms with Crippen molar-refractivity contribution in [3.8, 4) is 23.0 Å². The highest BCUT2D eigenvalue weighted by atomic mass is 16.5. The first-order valence-corrected chi connectivity index (χ1v) is 8.73. The van der Waals surface area contributed by atoms with Gasteiger partial charge in [0.05, 0.1) is 13.4 Å². The zero-order chi connectivity index (χ0) is 20.1. The van der Waals surface area contributed by atoms with Crippen LogP contribution in [0.1, 0.15) is 16.1 Å². The molecule has 0 aliphatic heterocycles. The summed E-state index contributed by atoms with van der Waals surface area (Å²) in [6.07, 6.45) is 6.11. The number of methoxy groups -OCH3 is 1. The third-order valence-electron chi connectivity index (χ3n) is 4.07. The molecule has 29 heavy (non-hydrogen) atoms. The van der Waals surface area contributed by atoms with Gasteiger partial charge in [-0.15, -0.1) is 0 Å². The van der Waals surface area contributed by atoms with Crippen molar-refractivity contribution in [1.29, 1.82) is 0 Å². The van der Waals surface area contributed by atoms with Crippen molar-refractivity contribution < 1.29 is 23.1 Å². The van der Waals surface area contributed by atoms with Crippen LogP contribution < -0.4 is 14.8 Å². The van der Waals surface area contributed by atoms with Crippen molar-refractivity contribution in [1.82, 2.24) is 9.97 Å². The van der Waals surface area contributed by atoms with Crippen LogP contribution in [-0.4, -0.2) is 23.0 Å². The summed E-state index contributed by atoms with van der Waals surface area (Å²) in [7, 11) is 1.55. The number of hydrogen-bond acceptors (Lipinski definition) is 7. The molecule has 4 rings (SSSR count). The van der Waals surface area contributed by atoms with Crippen LogP contribution in [0.5, 0.6) is 11.5 Å². The molecule has 0 unspecified atom stereocenters. The Morgan fingerprint density at radius 1 is 1.14 bits per heavy atom. The second kappa shape index (κ2) is 8.30. The van der Waals surface area contributed by atoms with Crippen LogP contribution in [0, 0.1) is 0 Å². The number of oxazole rings is 1. The van der Waals surface area contributed by atoms with Crippen LogP contribution in [0.3, 0.4) is 0 Å². The summed E-state index contributed by atoms with van der Waals surface area (Å²) in [5, 5.41) is 2.79. The molecule has 1 N–H and O–H groups in total. The Morgan fingerprint density at radius 3 is 2.83 bits per heavy atom. The number of ether oxygens (including phenoxy) is 2. The molecule has 0 aliphatic rings. The van der Waals surface area contributed by atoms with Crippen molar-refractivity contribution in [3.63, 3.8) is 0 Å². The van der Waals surface area contributed by atoms with Gasteiger partial charge < -0.3 is 23.6 Å². The second-order valence-corrected chi connectivity index (χ2v) is 5.98. The number of nitrogens with one attached hydrogen (secondary N) is 1. The van der Waals surface area contributed by atoms with E-state index >= 15 is 0 Å². The maximum atomic E-state index is 12.7. The van der Waals surface area contributed by atoms with Gasteiger partial charge in [-0.3, -0.25) is 9.78 Å². The molecule has 0 spiro atoms. The van der Waals surface area contributed by atoms with E-state index in [0.29, 0.717) is 29.6 Å². The topological polar surface area (TPSA) is 99.6 Å². The fourth-order valence-electron chi connectivity index (χ4n) is 2.69. The largest absolute Gasteiger partial charge is 0.493 e. The Hall–Kier alpha value is -4.07. The second-order valence-electron chi connectivity index (χ2n) is 5.98. The first kappa shape index (κ1) is 18.3. The molecule has 3 aromatic heterocycles. The molecule has 0 atom stereocenters. The summed E-state index contributed by atoms with van der Waals surface area (Å²) < 4.78 is 21.8. The van der Waals surface area contributed by atoms with Crippen LogP contribution in [0.4, 0.5) is 5.69 Å². The van der Waals surface area contributed by atoms with E-state index in [1.807, 2.05) is 12.1 Å². The van der Waals surface area contributed by atoms with E-state index in [-0.39, 0.29) is 11.5 Å². The Kier molecular flexibility index (Phi) is 5.24. The van der Waals surface area contributed by atoms with Crippen molar-refractivity contribution in [2.45, 2.75) is 6.61 Å². The van der Waals surface area contributed by atoms with Crippen LogP contribution in [0.25, 0.3) is 11.5 Å². The van der Waals surface area contributed by atoms with E-state index in [1.165, 1.54) is 12.7 Å². The minimum atomic E-state index is -0.437. The first-order chi connectivity index (χ1) is 14.2. The highest BCUT2D eigenvalue weighted by molar-refractivity contribution is 6.06. The van der Waals surface area contributed by atoms with E-state index in [2.05, 4.69) is 15.3 Å². The molecule has 8 nitrogen and oxygen atoms in total. The van der Waals surface area contributed by atoms with Crippen molar-refractivity contribution in [2.24, 2.45) is 0 Å². The number of carbonyl (C=O) groups excluding carboxylic acids is 1. The number of pyridine rings is 1. The van der Waals surface area contributed by atoms with E-state index < -0.39 is 5.91 Å². The molecule has 4 aromatic rings. The standard InChI is InChI=1S/C21H17N3O5/c1-26-16-7-6-15(10-18(16)28-12-14-4-2-8-22-11-14)24-21(25)19-20(29-13-23-19)17-5-3-9-27-17/h2-11,13H,12H2,1H3,(H,24,25). The smallest absolute Gasteiger partial charge is 0.278 e. The Morgan fingerprint density at radius 2 is 2.07 bits per heavy atom. The highest BCUT2D eigenvalue weighted by Gasteiger charge is 2.20. The molecule has 0 radical (unpaired) electrons. The molecule has 0 saturated carbocycles. The Balaban J connectivity index is 1.52. The fourth-order valence-corrected chi connectivity index (χ4v) is 2.69. The molecule has 1 amide bonds. The number of furan rings is 1. The van der Waals surface area contributed by atoms with Crippen LogP contribution >= 0.6 is 0 Å². The summed E-state index contributed by atoms with van der Waals surface area (Å²) in [6, 6.07) is 12.2. The van der Waals surface area contributed by atoms with Gasteiger partial charge in [-0.2, -0.15) is 0 Å². The van der Waals surface area contributed by atoms with Gasteiger partial charge in [-0.05, 0) is 30.3 Å². The van der Waals surface area contributed by atoms with E-state index in [1.54, 1.807) is 49.8 Å². The molecule has 0 bridgehead atoms. The monoisotopic (exact) mass is 391 g/mol. The molecule has 8 heteroatoms. The SMILES string of the molecule is COc1ccc(NC(=O)c2ncoc2-c2ccco2)cc1OCc1cccnc1. The zero-order valence-electron chi connectivity index (χ0n) is 15.5. The number of carbonyl (C=O) groups is 1. The summed E-state index contributed by atoms with van der Waals surface area (Å²) in [5.41, 5.74) is 1.55. The van der Waals surface area contributed by atoms with E-state index in [4.69, 9.17) is 18.3 Å². The zero-order valence-corrected chi connectivity index (χ0v) is 15.5. The lowest BCUT2D eigenvalue weighted by atomic mass is 10.2. The molecule has 1 aromatic carbocycles. The van der Waals surface area contributed by atoms with Crippen molar-refractivity contribution in [3.05, 3.63) is 78.8 Å². The molecule has 146 valence electrons. The number of aromatic nitrogens is 2. The minimum absolute atomic E-state index is 0.119. The van der Waals surface area contributed by atoms with Gasteiger partial charge in [0.1, 0.15) is 6.61 Å². The summed E-state index contributed by atoms with van der Waals surface area (Å²) in [6.45, 7) is 0.313. The lowest BCUT2D eigenvalue weighted by molar-refractivity contribution is 0.102. The molecule has 0 saturated heterocycles. The maximum absolute atomic E-state index is 12.7. The summed E-state index contributed by atoms with van der Waals surface area (Å²) >= 11 is 0. The quantitative estimate of drug-likeness (QED) is 0.505. The predicted octanol–water partition coefficient (Wildman–Crippen LogP) is 4.17. The van der Waals surface area contributed by atoms with Crippen molar-refractivity contribution >= 4 is 11.6 Å². The van der Waals surface area contributed by atoms with Gasteiger partial charge in [0, 0.05) is 29.7 Å². The van der Waals surface area contributed by atoms with Crippen LogP contribution in [-0.2, 0) is 6.61 Å². The molecule has 0 fully saturated rings. The first-order valence-electron chi connectivity index (χ1n) is 8.73. The highest BCUT2D eigenvalue weighted by Crippen LogP contribution is 2.31. The summed E-state index contributed by atoms with van der Waals surface area (Å²) in [4.78, 5) is 20.7. The molecule has 0 aliphatic carbocycles. The fraction of sp³-hybridized carbons (Fsp3) is 0.0952.